The smallest absolute Gasteiger partial charge is 0.327 e. The second-order valence-corrected chi connectivity index (χ2v) is 6.98. The average molecular weight is 339 g/mol. The number of aliphatic imine (C=N–C) groups is 1. The Labute approximate surface area is 150 Å². The highest BCUT2D eigenvalue weighted by atomic mass is 16.5. The van der Waals surface area contributed by atoms with E-state index in [1.165, 1.54) is 0 Å². The van der Waals surface area contributed by atoms with Crippen molar-refractivity contribution in [1.29, 1.82) is 0 Å². The van der Waals surface area contributed by atoms with E-state index < -0.39 is 0 Å². The highest BCUT2D eigenvalue weighted by Crippen LogP contribution is 2.11. The van der Waals surface area contributed by atoms with Crippen molar-refractivity contribution in [2.24, 2.45) is 4.99 Å². The minimum absolute atomic E-state index is 0.0312. The van der Waals surface area contributed by atoms with Crippen LogP contribution in [0.4, 0.5) is 0 Å². The topological polar surface area (TPSA) is 38.7 Å². The normalized spacial score (nSPS) is 11.0. The Morgan fingerprint density at radius 3 is 1.92 bits per heavy atom. The number of carbonyl (C=O) groups is 1. The number of quaternary nitrogens is 1. The number of hydrogen-bond donors (Lipinski definition) is 0. The maximum atomic E-state index is 12.0. The minimum Gasteiger partial charge on any atom is -0.464 e. The average Bonchev–Trinajstić information content (AvgIpc) is 2.60. The molecule has 0 amide bonds. The molecule has 132 valence electrons. The van der Waals surface area contributed by atoms with Gasteiger partial charge in [0, 0.05) is 17.5 Å². The fraction of sp³-hybridized carbons (Fsp3) is 0.333. The van der Waals surface area contributed by atoms with E-state index >= 15 is 0 Å². The molecule has 0 aliphatic rings. The number of hydrogen-bond acceptors (Lipinski definition) is 3. The monoisotopic (exact) mass is 339 g/mol. The van der Waals surface area contributed by atoms with Crippen molar-refractivity contribution in [3.63, 3.8) is 0 Å². The number of rotatable bonds is 8. The Morgan fingerprint density at radius 1 is 0.920 bits per heavy atom. The predicted octanol–water partition coefficient (Wildman–Crippen LogP) is 3.16. The maximum absolute atomic E-state index is 12.0. The molecule has 0 spiro atoms. The standard InChI is InChI=1S/C21H27N2O2/c1-23(2,3)15-10-16-25-20(24)17-22-21(18-11-6-4-7-12-18)19-13-8-5-9-14-19/h4-9,11-14H,10,15-17H2,1-3H3/q+1. The zero-order chi connectivity index (χ0) is 18.1. The summed E-state index contributed by atoms with van der Waals surface area (Å²) >= 11 is 0. The summed E-state index contributed by atoms with van der Waals surface area (Å²) in [5.41, 5.74) is 2.79. The molecule has 4 heteroatoms. The lowest BCUT2D eigenvalue weighted by molar-refractivity contribution is -0.870. The van der Waals surface area contributed by atoms with Gasteiger partial charge in [0.25, 0.3) is 0 Å². The van der Waals surface area contributed by atoms with Gasteiger partial charge in [-0.1, -0.05) is 60.7 Å². The van der Waals surface area contributed by atoms with E-state index in [1.807, 2.05) is 60.7 Å². The molecule has 0 heterocycles. The van der Waals surface area contributed by atoms with Gasteiger partial charge in [-0.25, -0.2) is 0 Å². The lowest BCUT2D eigenvalue weighted by Crippen LogP contribution is -2.35. The summed E-state index contributed by atoms with van der Waals surface area (Å²) in [4.78, 5) is 16.5. The van der Waals surface area contributed by atoms with Crippen molar-refractivity contribution in [2.45, 2.75) is 6.42 Å². The van der Waals surface area contributed by atoms with Crippen LogP contribution in [-0.2, 0) is 9.53 Å². The number of esters is 1. The van der Waals surface area contributed by atoms with Crippen LogP contribution in [0.15, 0.2) is 65.7 Å². The lowest BCUT2D eigenvalue weighted by atomic mass is 10.0. The fourth-order valence-electron chi connectivity index (χ4n) is 2.46. The van der Waals surface area contributed by atoms with Gasteiger partial charge in [0.15, 0.2) is 0 Å². The van der Waals surface area contributed by atoms with Gasteiger partial charge < -0.3 is 9.22 Å². The van der Waals surface area contributed by atoms with E-state index in [9.17, 15) is 4.79 Å². The Morgan fingerprint density at radius 2 is 1.44 bits per heavy atom. The molecule has 0 N–H and O–H groups in total. The van der Waals surface area contributed by atoms with Gasteiger partial charge in [-0.05, 0) is 0 Å². The molecular weight excluding hydrogens is 312 g/mol. The fourth-order valence-corrected chi connectivity index (χ4v) is 2.46. The zero-order valence-electron chi connectivity index (χ0n) is 15.3. The molecule has 0 bridgehead atoms. The van der Waals surface area contributed by atoms with Crippen LogP contribution in [0.1, 0.15) is 17.5 Å². The van der Waals surface area contributed by atoms with Crippen LogP contribution in [-0.4, -0.2) is 57.0 Å². The van der Waals surface area contributed by atoms with Crippen LogP contribution in [0.5, 0.6) is 0 Å². The summed E-state index contributed by atoms with van der Waals surface area (Å²) in [6.45, 7) is 1.44. The number of nitrogens with zero attached hydrogens (tertiary/aromatic N) is 2. The maximum Gasteiger partial charge on any atom is 0.327 e. The van der Waals surface area contributed by atoms with Crippen molar-refractivity contribution in [3.8, 4) is 0 Å². The molecule has 25 heavy (non-hydrogen) atoms. The van der Waals surface area contributed by atoms with E-state index in [0.29, 0.717) is 6.61 Å². The number of carbonyl (C=O) groups excluding carboxylic acids is 1. The third-order valence-electron chi connectivity index (χ3n) is 3.70. The quantitative estimate of drug-likeness (QED) is 0.321. The third kappa shape index (κ3) is 6.89. The van der Waals surface area contributed by atoms with Crippen molar-refractivity contribution in [1.82, 2.24) is 0 Å². The highest BCUT2D eigenvalue weighted by Gasteiger charge is 2.10. The summed E-state index contributed by atoms with van der Waals surface area (Å²) in [6.07, 6.45) is 0.850. The summed E-state index contributed by atoms with van der Waals surface area (Å²) in [5, 5.41) is 0. The van der Waals surface area contributed by atoms with E-state index in [4.69, 9.17) is 4.74 Å². The van der Waals surface area contributed by atoms with Crippen LogP contribution in [0.2, 0.25) is 0 Å². The lowest BCUT2D eigenvalue weighted by Gasteiger charge is -2.23. The molecule has 0 saturated heterocycles. The molecule has 2 aromatic carbocycles. The number of benzene rings is 2. The van der Waals surface area contributed by atoms with E-state index in [-0.39, 0.29) is 12.5 Å². The third-order valence-corrected chi connectivity index (χ3v) is 3.70. The first kappa shape index (κ1) is 18.9. The van der Waals surface area contributed by atoms with Crippen molar-refractivity contribution in [3.05, 3.63) is 71.8 Å². The molecule has 0 fully saturated rings. The first-order valence-electron chi connectivity index (χ1n) is 8.57. The van der Waals surface area contributed by atoms with Gasteiger partial charge in [0.2, 0.25) is 0 Å². The first-order valence-corrected chi connectivity index (χ1v) is 8.57. The summed E-state index contributed by atoms with van der Waals surface area (Å²) in [6, 6.07) is 19.8. The highest BCUT2D eigenvalue weighted by molar-refractivity contribution is 6.13. The Kier molecular flexibility index (Phi) is 6.90. The minimum atomic E-state index is -0.286. The second kappa shape index (κ2) is 9.14. The Bertz CT molecular complexity index is 647. The van der Waals surface area contributed by atoms with E-state index in [0.717, 1.165) is 34.3 Å². The van der Waals surface area contributed by atoms with Gasteiger partial charge in [-0.2, -0.15) is 0 Å². The summed E-state index contributed by atoms with van der Waals surface area (Å²) in [5.74, 6) is -0.286. The molecule has 2 aromatic rings. The van der Waals surface area contributed by atoms with Crippen LogP contribution in [0, 0.1) is 0 Å². The molecule has 4 nitrogen and oxygen atoms in total. The van der Waals surface area contributed by atoms with Crippen molar-refractivity contribution < 1.29 is 14.0 Å². The zero-order valence-corrected chi connectivity index (χ0v) is 15.3. The van der Waals surface area contributed by atoms with Crippen molar-refractivity contribution in [2.75, 3.05) is 40.8 Å². The summed E-state index contributed by atoms with van der Waals surface area (Å²) in [7, 11) is 6.37. The Balaban J connectivity index is 2.00. The van der Waals surface area contributed by atoms with Crippen LogP contribution >= 0.6 is 0 Å². The van der Waals surface area contributed by atoms with Crippen LogP contribution in [0.3, 0.4) is 0 Å². The van der Waals surface area contributed by atoms with Gasteiger partial charge >= 0.3 is 5.97 Å². The SMILES string of the molecule is C[N+](C)(C)CCCOC(=O)CN=C(c1ccccc1)c1ccccc1. The molecule has 0 atom stereocenters. The van der Waals surface area contributed by atoms with E-state index in [2.05, 4.69) is 26.1 Å². The van der Waals surface area contributed by atoms with Crippen LogP contribution in [0.25, 0.3) is 0 Å². The molecular formula is C21H27N2O2+. The Hall–Kier alpha value is -2.46. The van der Waals surface area contributed by atoms with Gasteiger partial charge in [-0.3, -0.25) is 9.79 Å². The largest absolute Gasteiger partial charge is 0.464 e. The molecule has 0 radical (unpaired) electrons. The van der Waals surface area contributed by atoms with Gasteiger partial charge in [-0.15, -0.1) is 0 Å². The predicted molar refractivity (Wildman–Crippen MR) is 102 cm³/mol. The second-order valence-electron chi connectivity index (χ2n) is 6.98. The van der Waals surface area contributed by atoms with Gasteiger partial charge in [0.05, 0.1) is 40.0 Å². The molecule has 0 unspecified atom stereocenters. The molecule has 0 aliphatic heterocycles. The number of ether oxygens (including phenoxy) is 1. The van der Waals surface area contributed by atoms with Crippen molar-refractivity contribution >= 4 is 11.7 Å². The summed E-state index contributed by atoms with van der Waals surface area (Å²) < 4.78 is 6.17. The molecule has 2 rings (SSSR count). The molecule has 0 saturated carbocycles. The first-order chi connectivity index (χ1) is 12.0. The van der Waals surface area contributed by atoms with E-state index in [1.54, 1.807) is 0 Å². The van der Waals surface area contributed by atoms with Gasteiger partial charge in [0.1, 0.15) is 6.54 Å². The molecule has 0 aliphatic carbocycles. The molecule has 0 aromatic heterocycles. The van der Waals surface area contributed by atoms with Crippen LogP contribution < -0.4 is 0 Å².